The minimum atomic E-state index is -4.46. The van der Waals surface area contributed by atoms with Gasteiger partial charge in [0.25, 0.3) is 5.78 Å². The van der Waals surface area contributed by atoms with Crippen LogP contribution in [0.25, 0.3) is 16.7 Å². The molecule has 0 N–H and O–H groups in total. The average Bonchev–Trinajstić information content (AvgIpc) is 3.48. The number of benzene rings is 2. The van der Waals surface area contributed by atoms with Crippen molar-refractivity contribution in [3.63, 3.8) is 0 Å². The van der Waals surface area contributed by atoms with Gasteiger partial charge in [0.05, 0.1) is 10.9 Å². The lowest BCUT2D eigenvalue weighted by Crippen LogP contribution is -2.22. The highest BCUT2D eigenvalue weighted by Gasteiger charge is 2.62. The molecule has 1 fully saturated rings. The predicted molar refractivity (Wildman–Crippen MR) is 107 cm³/mol. The van der Waals surface area contributed by atoms with E-state index in [-0.39, 0.29) is 46.6 Å². The van der Waals surface area contributed by atoms with Crippen molar-refractivity contribution in [2.24, 2.45) is 5.41 Å². The number of fused-ring (bicyclic) bond motifs is 3. The van der Waals surface area contributed by atoms with Crippen LogP contribution < -0.4 is 4.90 Å². The maximum atomic E-state index is 14.8. The van der Waals surface area contributed by atoms with Crippen LogP contribution in [0.4, 0.5) is 37.8 Å². The molecule has 2 aromatic heterocycles. The van der Waals surface area contributed by atoms with Crippen LogP contribution in [0.3, 0.4) is 0 Å². The molecular weight excluding hydrogens is 448 g/mol. The molecule has 0 aliphatic heterocycles. The molecule has 168 valence electrons. The molecule has 0 bridgehead atoms. The first-order valence-electron chi connectivity index (χ1n) is 9.73. The first-order valence-corrected chi connectivity index (χ1v) is 9.73. The molecular formula is C22H13F6N5. The maximum absolute atomic E-state index is 14.8. The molecule has 1 aliphatic carbocycles. The van der Waals surface area contributed by atoms with Gasteiger partial charge in [-0.2, -0.15) is 22.5 Å². The number of aromatic nitrogens is 4. The predicted octanol–water partition coefficient (Wildman–Crippen LogP) is 5.16. The molecule has 5 nitrogen and oxygen atoms in total. The second kappa shape index (κ2) is 7.10. The molecule has 0 spiro atoms. The third kappa shape index (κ3) is 3.42. The summed E-state index contributed by atoms with van der Waals surface area (Å²) in [6.07, 6.45) is -5.65. The quantitative estimate of drug-likeness (QED) is 0.306. The minimum Gasteiger partial charge on any atom is -0.329 e. The Labute approximate surface area is 182 Å². The molecule has 2 heterocycles. The van der Waals surface area contributed by atoms with Crippen molar-refractivity contribution >= 4 is 28.2 Å². The van der Waals surface area contributed by atoms with Crippen molar-refractivity contribution in [1.29, 1.82) is 0 Å². The van der Waals surface area contributed by atoms with Crippen molar-refractivity contribution in [1.82, 2.24) is 19.6 Å². The first-order chi connectivity index (χ1) is 15.6. The summed E-state index contributed by atoms with van der Waals surface area (Å²) < 4.78 is 83.6. The molecule has 1 aliphatic rings. The van der Waals surface area contributed by atoms with Crippen LogP contribution in [0.5, 0.6) is 0 Å². The largest absolute Gasteiger partial charge is 0.405 e. The van der Waals surface area contributed by atoms with E-state index in [9.17, 15) is 26.3 Å². The average molecular weight is 461 g/mol. The Hall–Kier alpha value is -3.81. The maximum Gasteiger partial charge on any atom is 0.405 e. The van der Waals surface area contributed by atoms with Gasteiger partial charge in [-0.1, -0.05) is 23.0 Å². The summed E-state index contributed by atoms with van der Waals surface area (Å²) in [7, 11) is 1.46. The van der Waals surface area contributed by atoms with Crippen LogP contribution in [0, 0.1) is 35.0 Å². The molecule has 2 aromatic carbocycles. The summed E-state index contributed by atoms with van der Waals surface area (Å²) in [6, 6.07) is 7.47. The van der Waals surface area contributed by atoms with Gasteiger partial charge in [0.2, 0.25) is 0 Å². The van der Waals surface area contributed by atoms with E-state index in [1.165, 1.54) is 30.1 Å². The summed E-state index contributed by atoms with van der Waals surface area (Å²) in [4.78, 5) is 5.50. The van der Waals surface area contributed by atoms with Crippen molar-refractivity contribution < 1.29 is 26.3 Å². The van der Waals surface area contributed by atoms with Gasteiger partial charge in [0, 0.05) is 18.3 Å². The van der Waals surface area contributed by atoms with Gasteiger partial charge in [-0.15, -0.1) is 5.10 Å². The number of hydrogen-bond donors (Lipinski definition) is 0. The first kappa shape index (κ1) is 21.1. The minimum absolute atomic E-state index is 0.0125. The molecule has 0 unspecified atom stereocenters. The van der Waals surface area contributed by atoms with Crippen LogP contribution in [-0.2, 0) is 0 Å². The number of nitrogens with zero attached hydrogens (tertiary/aromatic N) is 5. The van der Waals surface area contributed by atoms with Crippen LogP contribution in [0.2, 0.25) is 0 Å². The van der Waals surface area contributed by atoms with E-state index in [1.54, 1.807) is 0 Å². The van der Waals surface area contributed by atoms with E-state index in [0.29, 0.717) is 0 Å². The fraction of sp³-hybridized carbons (Fsp3) is 0.227. The van der Waals surface area contributed by atoms with E-state index in [4.69, 9.17) is 0 Å². The number of hydrogen-bond acceptors (Lipinski definition) is 4. The van der Waals surface area contributed by atoms with E-state index >= 15 is 0 Å². The second-order valence-electron chi connectivity index (χ2n) is 7.76. The molecule has 0 saturated heterocycles. The van der Waals surface area contributed by atoms with E-state index in [2.05, 4.69) is 27.0 Å². The monoisotopic (exact) mass is 461 g/mol. The van der Waals surface area contributed by atoms with Crippen LogP contribution in [0.15, 0.2) is 36.4 Å². The number of alkyl halides is 3. The number of halogens is 6. The van der Waals surface area contributed by atoms with Crippen molar-refractivity contribution in [2.75, 3.05) is 11.9 Å². The fourth-order valence-electron chi connectivity index (χ4n) is 3.61. The Morgan fingerprint density at radius 2 is 1.82 bits per heavy atom. The molecule has 33 heavy (non-hydrogen) atoms. The molecule has 0 radical (unpaired) electrons. The summed E-state index contributed by atoms with van der Waals surface area (Å²) >= 11 is 0. The van der Waals surface area contributed by atoms with Gasteiger partial charge in [-0.05, 0) is 43.2 Å². The van der Waals surface area contributed by atoms with Gasteiger partial charge in [-0.3, -0.25) is 0 Å². The Morgan fingerprint density at radius 1 is 1.06 bits per heavy atom. The summed E-state index contributed by atoms with van der Waals surface area (Å²) in [6.45, 7) is 0. The normalized spacial score (nSPS) is 14.9. The van der Waals surface area contributed by atoms with Crippen LogP contribution in [0.1, 0.15) is 18.4 Å². The van der Waals surface area contributed by atoms with Crippen LogP contribution >= 0.6 is 0 Å². The van der Waals surface area contributed by atoms with Crippen molar-refractivity contribution in [2.45, 2.75) is 19.0 Å². The lowest BCUT2D eigenvalue weighted by Gasteiger charge is -2.21. The Balaban J connectivity index is 1.63. The van der Waals surface area contributed by atoms with Gasteiger partial charge in [0.1, 0.15) is 22.9 Å². The smallest absolute Gasteiger partial charge is 0.329 e. The van der Waals surface area contributed by atoms with Crippen molar-refractivity contribution in [3.8, 4) is 11.8 Å². The number of anilines is 2. The Morgan fingerprint density at radius 3 is 2.52 bits per heavy atom. The van der Waals surface area contributed by atoms with E-state index in [0.717, 1.165) is 22.6 Å². The SMILES string of the molecule is CN(c1cc(F)cc(C#CC2(C(F)(F)F)CC2)c1)c1nc2nnc(F)n2c2cccc(F)c12. The third-order valence-corrected chi connectivity index (χ3v) is 5.59. The van der Waals surface area contributed by atoms with E-state index in [1.807, 2.05) is 0 Å². The highest BCUT2D eigenvalue weighted by Crippen LogP contribution is 2.57. The standard InChI is InChI=1S/C22H13F6N5/c1-32(14-10-12(9-13(23)11-14)5-6-21(7-8-21)22(26,27)28)18-17-15(24)3-2-4-16(17)33-19(25)30-31-20(33)29-18/h2-4,9-11H,7-8H2,1H3. The zero-order chi connectivity index (χ0) is 23.5. The Bertz CT molecular complexity index is 1480. The summed E-state index contributed by atoms with van der Waals surface area (Å²) in [5.74, 6) is 3.02. The summed E-state index contributed by atoms with van der Waals surface area (Å²) in [5.41, 5.74) is -1.79. The molecule has 11 heteroatoms. The van der Waals surface area contributed by atoms with Gasteiger partial charge >= 0.3 is 12.3 Å². The molecule has 1 saturated carbocycles. The zero-order valence-corrected chi connectivity index (χ0v) is 16.9. The molecule has 0 amide bonds. The topological polar surface area (TPSA) is 46.3 Å². The van der Waals surface area contributed by atoms with Gasteiger partial charge in [-0.25, -0.2) is 13.2 Å². The molecule has 0 atom stereocenters. The van der Waals surface area contributed by atoms with Gasteiger partial charge in [0.15, 0.2) is 0 Å². The van der Waals surface area contributed by atoms with E-state index < -0.39 is 29.3 Å². The number of rotatable bonds is 2. The van der Waals surface area contributed by atoms with Gasteiger partial charge < -0.3 is 4.90 Å². The van der Waals surface area contributed by atoms with Crippen LogP contribution in [-0.4, -0.2) is 32.8 Å². The van der Waals surface area contributed by atoms with Crippen molar-refractivity contribution in [3.05, 3.63) is 59.7 Å². The zero-order valence-electron chi connectivity index (χ0n) is 16.9. The molecule has 4 aromatic rings. The second-order valence-corrected chi connectivity index (χ2v) is 7.76. The highest BCUT2D eigenvalue weighted by molar-refractivity contribution is 5.93. The lowest BCUT2D eigenvalue weighted by molar-refractivity contribution is -0.168. The third-order valence-electron chi connectivity index (χ3n) is 5.59. The summed E-state index contributed by atoms with van der Waals surface area (Å²) in [5, 5.41) is 6.88. The Kier molecular flexibility index (Phi) is 4.53. The lowest BCUT2D eigenvalue weighted by atomic mass is 10.1. The fourth-order valence-corrected chi connectivity index (χ4v) is 3.61. The highest BCUT2D eigenvalue weighted by atomic mass is 19.4. The molecule has 5 rings (SSSR count).